The van der Waals surface area contributed by atoms with Crippen LogP contribution in [0.4, 0.5) is 0 Å². The van der Waals surface area contributed by atoms with E-state index in [1.807, 2.05) is 18.2 Å². The minimum Gasteiger partial charge on any atom is -0.392 e. The molecule has 0 bridgehead atoms. The molecule has 0 radical (unpaired) electrons. The molecule has 0 amide bonds. The van der Waals surface area contributed by atoms with Crippen LogP contribution >= 0.6 is 0 Å². The summed E-state index contributed by atoms with van der Waals surface area (Å²) in [5.41, 5.74) is 1.29. The quantitative estimate of drug-likeness (QED) is 0.788. The molecule has 0 aliphatic carbocycles. The van der Waals surface area contributed by atoms with Gasteiger partial charge >= 0.3 is 0 Å². The maximum absolute atomic E-state index is 10.3. The van der Waals surface area contributed by atoms with Crippen molar-refractivity contribution in [2.75, 3.05) is 13.1 Å². The molecule has 3 nitrogen and oxygen atoms in total. The average molecular weight is 233 g/mol. The first-order valence-electron chi connectivity index (χ1n) is 6.38. The van der Waals surface area contributed by atoms with Crippen LogP contribution in [0.15, 0.2) is 30.3 Å². The van der Waals surface area contributed by atoms with Crippen molar-refractivity contribution in [3.8, 4) is 0 Å². The van der Waals surface area contributed by atoms with Crippen molar-refractivity contribution in [1.82, 2.24) is 4.90 Å². The maximum atomic E-state index is 10.3. The number of nitrogens with zero attached hydrogens (tertiary/aromatic N) is 1. The van der Waals surface area contributed by atoms with Crippen LogP contribution in [0, 0.1) is 5.92 Å². The molecule has 0 saturated carbocycles. The van der Waals surface area contributed by atoms with Crippen molar-refractivity contribution in [2.45, 2.75) is 31.1 Å². The van der Waals surface area contributed by atoms with Crippen molar-refractivity contribution in [1.29, 1.82) is 0 Å². The Hall–Kier alpha value is -0.900. The molecule has 3 heteroatoms. The Morgan fingerprint density at radius 3 is 2.59 bits per heavy atom. The van der Waals surface area contributed by atoms with Crippen LogP contribution in [-0.2, 0) is 6.42 Å². The molecule has 2 aliphatic rings. The fraction of sp³-hybridized carbons (Fsp3) is 0.571. The lowest BCUT2D eigenvalue weighted by atomic mass is 9.92. The zero-order valence-electron chi connectivity index (χ0n) is 9.87. The van der Waals surface area contributed by atoms with E-state index in [2.05, 4.69) is 17.0 Å². The number of hydrogen-bond acceptors (Lipinski definition) is 3. The molecular weight excluding hydrogens is 214 g/mol. The van der Waals surface area contributed by atoms with Crippen LogP contribution in [0.25, 0.3) is 0 Å². The van der Waals surface area contributed by atoms with Gasteiger partial charge in [0.05, 0.1) is 12.2 Å². The standard InChI is InChI=1S/C14H19NO2/c16-12-7-13-14(17)11(8-15(13)9-12)6-10-4-2-1-3-5-10/h1-5,11-14,16-17H,6-9H2/t11-,12-,13-,14+/m1/s1. The minimum absolute atomic E-state index is 0.179. The van der Waals surface area contributed by atoms with E-state index in [9.17, 15) is 10.2 Å². The summed E-state index contributed by atoms with van der Waals surface area (Å²) in [5.74, 6) is 0.315. The molecule has 2 heterocycles. The molecule has 92 valence electrons. The Kier molecular flexibility index (Phi) is 2.90. The summed E-state index contributed by atoms with van der Waals surface area (Å²) >= 11 is 0. The minimum atomic E-state index is -0.285. The maximum Gasteiger partial charge on any atom is 0.0739 e. The van der Waals surface area contributed by atoms with Gasteiger partial charge in [-0.25, -0.2) is 0 Å². The van der Waals surface area contributed by atoms with Crippen LogP contribution in [0.3, 0.4) is 0 Å². The van der Waals surface area contributed by atoms with Gasteiger partial charge in [0.2, 0.25) is 0 Å². The van der Waals surface area contributed by atoms with E-state index >= 15 is 0 Å². The molecule has 2 N–H and O–H groups in total. The summed E-state index contributed by atoms with van der Waals surface area (Å²) in [6, 6.07) is 10.5. The topological polar surface area (TPSA) is 43.7 Å². The van der Waals surface area contributed by atoms with E-state index in [1.54, 1.807) is 0 Å². The van der Waals surface area contributed by atoms with Gasteiger partial charge < -0.3 is 10.2 Å². The largest absolute Gasteiger partial charge is 0.392 e. The molecule has 0 spiro atoms. The molecule has 1 aromatic carbocycles. The number of aliphatic hydroxyl groups is 2. The van der Waals surface area contributed by atoms with Crippen LogP contribution in [-0.4, -0.2) is 46.5 Å². The van der Waals surface area contributed by atoms with Gasteiger partial charge in [0.15, 0.2) is 0 Å². The third kappa shape index (κ3) is 2.10. The first-order valence-corrected chi connectivity index (χ1v) is 6.38. The summed E-state index contributed by atoms with van der Waals surface area (Å²) < 4.78 is 0. The first kappa shape index (κ1) is 11.2. The molecule has 2 saturated heterocycles. The molecule has 2 fully saturated rings. The Labute approximate surface area is 102 Å². The van der Waals surface area contributed by atoms with Crippen molar-refractivity contribution >= 4 is 0 Å². The molecule has 17 heavy (non-hydrogen) atoms. The highest BCUT2D eigenvalue weighted by Gasteiger charge is 2.45. The number of hydrogen-bond donors (Lipinski definition) is 2. The summed E-state index contributed by atoms with van der Waals surface area (Å²) in [6.45, 7) is 1.64. The van der Waals surface area contributed by atoms with Gasteiger partial charge in [0, 0.05) is 25.0 Å². The van der Waals surface area contributed by atoms with Gasteiger partial charge in [-0.15, -0.1) is 0 Å². The third-order valence-electron chi connectivity index (χ3n) is 4.11. The van der Waals surface area contributed by atoms with Crippen LogP contribution < -0.4 is 0 Å². The molecule has 0 unspecified atom stereocenters. The van der Waals surface area contributed by atoms with E-state index < -0.39 is 0 Å². The molecule has 0 aromatic heterocycles. The summed E-state index contributed by atoms with van der Waals surface area (Å²) in [4.78, 5) is 2.24. The van der Waals surface area contributed by atoms with Gasteiger partial charge in [0.25, 0.3) is 0 Å². The fourth-order valence-corrected chi connectivity index (χ4v) is 3.30. The van der Waals surface area contributed by atoms with Gasteiger partial charge in [0.1, 0.15) is 0 Å². The van der Waals surface area contributed by atoms with Gasteiger partial charge in [-0.05, 0) is 18.4 Å². The van der Waals surface area contributed by atoms with E-state index in [0.29, 0.717) is 5.92 Å². The van der Waals surface area contributed by atoms with Crippen molar-refractivity contribution < 1.29 is 10.2 Å². The number of benzene rings is 1. The Morgan fingerprint density at radius 2 is 1.88 bits per heavy atom. The number of fused-ring (bicyclic) bond motifs is 1. The molecule has 2 aliphatic heterocycles. The van der Waals surface area contributed by atoms with Gasteiger partial charge in [-0.2, -0.15) is 0 Å². The van der Waals surface area contributed by atoms with Gasteiger partial charge in [-0.3, -0.25) is 4.90 Å². The highest BCUT2D eigenvalue weighted by Crippen LogP contribution is 2.33. The van der Waals surface area contributed by atoms with E-state index in [0.717, 1.165) is 25.9 Å². The Morgan fingerprint density at radius 1 is 1.12 bits per heavy atom. The SMILES string of the molecule is O[C@@H]1C[C@@H]2[C@@H](O)[C@H](Cc3ccccc3)CN2C1. The number of rotatable bonds is 2. The monoisotopic (exact) mass is 233 g/mol. The van der Waals surface area contributed by atoms with Crippen LogP contribution in [0.5, 0.6) is 0 Å². The van der Waals surface area contributed by atoms with Gasteiger partial charge in [-0.1, -0.05) is 30.3 Å². The zero-order chi connectivity index (χ0) is 11.8. The normalized spacial score (nSPS) is 37.3. The van der Waals surface area contributed by atoms with Crippen molar-refractivity contribution in [2.24, 2.45) is 5.92 Å². The number of aliphatic hydroxyl groups excluding tert-OH is 2. The summed E-state index contributed by atoms with van der Waals surface area (Å²) in [7, 11) is 0. The lowest BCUT2D eigenvalue weighted by Crippen LogP contribution is -2.29. The summed E-state index contributed by atoms with van der Waals surface area (Å²) in [5, 5.41) is 19.9. The van der Waals surface area contributed by atoms with Crippen LogP contribution in [0.2, 0.25) is 0 Å². The van der Waals surface area contributed by atoms with E-state index in [4.69, 9.17) is 0 Å². The molecular formula is C14H19NO2. The second-order valence-electron chi connectivity index (χ2n) is 5.35. The predicted molar refractivity (Wildman–Crippen MR) is 65.6 cm³/mol. The molecule has 3 rings (SSSR count). The highest BCUT2D eigenvalue weighted by molar-refractivity contribution is 5.17. The summed E-state index contributed by atoms with van der Waals surface area (Å²) in [6.07, 6.45) is 1.14. The smallest absolute Gasteiger partial charge is 0.0739 e. The Balaban J connectivity index is 1.67. The van der Waals surface area contributed by atoms with E-state index in [1.165, 1.54) is 5.56 Å². The lowest BCUT2D eigenvalue weighted by molar-refractivity contribution is 0.0993. The van der Waals surface area contributed by atoms with Crippen molar-refractivity contribution in [3.63, 3.8) is 0 Å². The Bertz CT molecular complexity index is 381. The second kappa shape index (κ2) is 4.41. The van der Waals surface area contributed by atoms with Crippen molar-refractivity contribution in [3.05, 3.63) is 35.9 Å². The highest BCUT2D eigenvalue weighted by atomic mass is 16.3. The first-order chi connectivity index (χ1) is 8.24. The lowest BCUT2D eigenvalue weighted by Gasteiger charge is -2.17. The predicted octanol–water partition coefficient (Wildman–Crippen LogP) is 0.655. The average Bonchev–Trinajstić information content (AvgIpc) is 2.81. The second-order valence-corrected chi connectivity index (χ2v) is 5.35. The third-order valence-corrected chi connectivity index (χ3v) is 4.11. The van der Waals surface area contributed by atoms with Crippen LogP contribution in [0.1, 0.15) is 12.0 Å². The molecule has 4 atom stereocenters. The fourth-order valence-electron chi connectivity index (χ4n) is 3.30. The van der Waals surface area contributed by atoms with E-state index in [-0.39, 0.29) is 18.2 Å². The zero-order valence-corrected chi connectivity index (χ0v) is 9.87. The molecule has 1 aromatic rings.